The number of ether oxygens (including phenoxy) is 4. The molecule has 1 N–H and O–H groups in total. The molecule has 0 radical (unpaired) electrons. The van der Waals surface area contributed by atoms with Crippen molar-refractivity contribution >= 4 is 17.4 Å². The van der Waals surface area contributed by atoms with E-state index >= 15 is 0 Å². The molecule has 0 bridgehead atoms. The van der Waals surface area contributed by atoms with Gasteiger partial charge < -0.3 is 29.0 Å². The maximum absolute atomic E-state index is 13.4. The monoisotopic (exact) mass is 508 g/mol. The molecule has 0 aromatic heterocycles. The predicted molar refractivity (Wildman–Crippen MR) is 138 cm³/mol. The van der Waals surface area contributed by atoms with Crippen molar-refractivity contribution in [1.82, 2.24) is 9.80 Å². The minimum atomic E-state index is -0.835. The van der Waals surface area contributed by atoms with Gasteiger partial charge in [0.15, 0.2) is 0 Å². The van der Waals surface area contributed by atoms with Crippen LogP contribution in [0.25, 0.3) is 5.76 Å². The van der Waals surface area contributed by atoms with Gasteiger partial charge in [0.05, 0.1) is 39.0 Å². The summed E-state index contributed by atoms with van der Waals surface area (Å²) in [5.41, 5.74) is 0.988. The topological polar surface area (TPSA) is 97.8 Å². The molecule has 2 heterocycles. The number of carbonyl (C=O) groups excluding carboxylic acids is 2. The number of ketones is 1. The summed E-state index contributed by atoms with van der Waals surface area (Å²) in [6, 6.07) is 11.0. The summed E-state index contributed by atoms with van der Waals surface area (Å²) in [5.74, 6) is -0.0539. The minimum Gasteiger partial charge on any atom is -0.507 e. The largest absolute Gasteiger partial charge is 0.507 e. The molecule has 1 amide bonds. The van der Waals surface area contributed by atoms with Crippen LogP contribution in [0.1, 0.15) is 17.2 Å². The number of amides is 1. The zero-order chi connectivity index (χ0) is 26.4. The normalized spacial score (nSPS) is 19.6. The standard InChI is InChI=1S/C28H32N2O7/c1-4-15-37-20-7-5-19(6-8-20)26(31)24-25(22-10-9-21(34-2)18-23(22)35-3)30(28(33)27(24)32)12-11-29-13-16-36-17-14-29/h4-10,18,25,31H,1,11-17H2,2-3H3. The third kappa shape index (κ3) is 5.63. The van der Waals surface area contributed by atoms with Gasteiger partial charge in [-0.25, -0.2) is 0 Å². The second kappa shape index (κ2) is 11.9. The molecule has 2 fully saturated rings. The Morgan fingerprint density at radius 2 is 1.76 bits per heavy atom. The number of benzene rings is 2. The first-order valence-electron chi connectivity index (χ1n) is 12.1. The Labute approximate surface area is 216 Å². The summed E-state index contributed by atoms with van der Waals surface area (Å²) < 4.78 is 21.9. The van der Waals surface area contributed by atoms with E-state index in [1.54, 1.807) is 55.7 Å². The average Bonchev–Trinajstić information content (AvgIpc) is 3.19. The number of carbonyl (C=O) groups is 2. The second-order valence-corrected chi connectivity index (χ2v) is 8.68. The molecule has 4 rings (SSSR count). The number of aliphatic hydroxyl groups excluding tert-OH is 1. The van der Waals surface area contributed by atoms with E-state index in [0.29, 0.717) is 61.3 Å². The Bertz CT molecular complexity index is 1170. The first kappa shape index (κ1) is 26.2. The summed E-state index contributed by atoms with van der Waals surface area (Å²) in [6.07, 6.45) is 1.63. The smallest absolute Gasteiger partial charge is 0.295 e. The summed E-state index contributed by atoms with van der Waals surface area (Å²) >= 11 is 0. The molecule has 37 heavy (non-hydrogen) atoms. The van der Waals surface area contributed by atoms with Gasteiger partial charge in [-0.05, 0) is 36.4 Å². The number of methoxy groups -OCH3 is 2. The molecule has 196 valence electrons. The summed E-state index contributed by atoms with van der Waals surface area (Å²) in [6.45, 7) is 7.60. The second-order valence-electron chi connectivity index (χ2n) is 8.68. The van der Waals surface area contributed by atoms with Crippen LogP contribution in [0.2, 0.25) is 0 Å². The van der Waals surface area contributed by atoms with Crippen molar-refractivity contribution in [2.24, 2.45) is 0 Å². The fourth-order valence-corrected chi connectivity index (χ4v) is 4.57. The predicted octanol–water partition coefficient (Wildman–Crippen LogP) is 3.02. The van der Waals surface area contributed by atoms with Crippen molar-refractivity contribution in [2.75, 3.05) is 60.2 Å². The molecule has 0 aliphatic carbocycles. The van der Waals surface area contributed by atoms with Gasteiger partial charge in [0.1, 0.15) is 29.6 Å². The van der Waals surface area contributed by atoms with Gasteiger partial charge in [0.2, 0.25) is 0 Å². The molecule has 2 aliphatic rings. The Balaban J connectivity index is 1.75. The van der Waals surface area contributed by atoms with Crippen LogP contribution >= 0.6 is 0 Å². The fourth-order valence-electron chi connectivity index (χ4n) is 4.57. The van der Waals surface area contributed by atoms with Crippen molar-refractivity contribution in [1.29, 1.82) is 0 Å². The molecule has 2 saturated heterocycles. The van der Waals surface area contributed by atoms with Gasteiger partial charge in [-0.15, -0.1) is 0 Å². The molecule has 1 unspecified atom stereocenters. The van der Waals surface area contributed by atoms with Crippen molar-refractivity contribution in [3.8, 4) is 17.2 Å². The number of Topliss-reactive ketones (excluding diaryl/α,β-unsaturated/α-hetero) is 1. The van der Waals surface area contributed by atoms with E-state index in [0.717, 1.165) is 13.1 Å². The van der Waals surface area contributed by atoms with E-state index in [-0.39, 0.29) is 11.3 Å². The number of hydrogen-bond donors (Lipinski definition) is 1. The Kier molecular flexibility index (Phi) is 8.47. The van der Waals surface area contributed by atoms with Crippen molar-refractivity contribution in [3.05, 3.63) is 71.8 Å². The number of morpholine rings is 1. The van der Waals surface area contributed by atoms with Crippen LogP contribution in [0, 0.1) is 0 Å². The lowest BCUT2D eigenvalue weighted by molar-refractivity contribution is -0.140. The third-order valence-corrected chi connectivity index (χ3v) is 6.53. The van der Waals surface area contributed by atoms with Crippen LogP contribution in [0.5, 0.6) is 17.2 Å². The molecule has 9 nitrogen and oxygen atoms in total. The molecule has 2 aliphatic heterocycles. The van der Waals surface area contributed by atoms with E-state index in [9.17, 15) is 14.7 Å². The van der Waals surface area contributed by atoms with Gasteiger partial charge in [-0.1, -0.05) is 12.7 Å². The minimum absolute atomic E-state index is 0.00945. The number of aliphatic hydroxyl groups is 1. The van der Waals surface area contributed by atoms with Crippen molar-refractivity contribution in [3.63, 3.8) is 0 Å². The van der Waals surface area contributed by atoms with Crippen LogP contribution in [0.3, 0.4) is 0 Å². The first-order chi connectivity index (χ1) is 18.0. The highest BCUT2D eigenvalue weighted by molar-refractivity contribution is 6.46. The van der Waals surface area contributed by atoms with Crippen molar-refractivity contribution in [2.45, 2.75) is 6.04 Å². The maximum Gasteiger partial charge on any atom is 0.295 e. The lowest BCUT2D eigenvalue weighted by atomic mass is 9.94. The molecular weight excluding hydrogens is 476 g/mol. The summed E-state index contributed by atoms with van der Waals surface area (Å²) in [5, 5.41) is 11.3. The highest BCUT2D eigenvalue weighted by atomic mass is 16.5. The molecule has 2 aromatic carbocycles. The number of likely N-dealkylation sites (tertiary alicyclic amines) is 1. The summed E-state index contributed by atoms with van der Waals surface area (Å²) in [7, 11) is 3.06. The Morgan fingerprint density at radius 1 is 1.05 bits per heavy atom. The zero-order valence-corrected chi connectivity index (χ0v) is 21.1. The Hall–Kier alpha value is -3.82. The summed E-state index contributed by atoms with van der Waals surface area (Å²) in [4.78, 5) is 30.3. The van der Waals surface area contributed by atoms with E-state index in [2.05, 4.69) is 11.5 Å². The molecule has 1 atom stereocenters. The van der Waals surface area contributed by atoms with Crippen LogP contribution in [0.4, 0.5) is 0 Å². The SMILES string of the molecule is C=CCOc1ccc(C(O)=C2C(=O)C(=O)N(CCN3CCOCC3)C2c2ccc(OC)cc2OC)cc1. The molecular formula is C28H32N2O7. The Morgan fingerprint density at radius 3 is 2.41 bits per heavy atom. The third-order valence-electron chi connectivity index (χ3n) is 6.53. The fraction of sp³-hybridized carbons (Fsp3) is 0.357. The van der Waals surface area contributed by atoms with Gasteiger partial charge in [0.25, 0.3) is 11.7 Å². The number of nitrogens with zero attached hydrogens (tertiary/aromatic N) is 2. The first-order valence-corrected chi connectivity index (χ1v) is 12.1. The number of hydrogen-bond acceptors (Lipinski definition) is 8. The molecule has 2 aromatic rings. The van der Waals surface area contributed by atoms with Gasteiger partial charge >= 0.3 is 0 Å². The van der Waals surface area contributed by atoms with Crippen LogP contribution in [-0.2, 0) is 14.3 Å². The molecule has 0 saturated carbocycles. The van der Waals surface area contributed by atoms with Gasteiger partial charge in [-0.3, -0.25) is 14.5 Å². The van der Waals surface area contributed by atoms with Gasteiger partial charge in [-0.2, -0.15) is 0 Å². The van der Waals surface area contributed by atoms with Crippen LogP contribution in [0.15, 0.2) is 60.7 Å². The highest BCUT2D eigenvalue weighted by Gasteiger charge is 2.47. The van der Waals surface area contributed by atoms with E-state index in [4.69, 9.17) is 18.9 Å². The van der Waals surface area contributed by atoms with Gasteiger partial charge in [0, 0.05) is 43.4 Å². The van der Waals surface area contributed by atoms with Crippen LogP contribution < -0.4 is 14.2 Å². The van der Waals surface area contributed by atoms with Crippen LogP contribution in [-0.4, -0.2) is 86.8 Å². The number of rotatable bonds is 10. The molecule has 0 spiro atoms. The van der Waals surface area contributed by atoms with Crippen molar-refractivity contribution < 1.29 is 33.6 Å². The lowest BCUT2D eigenvalue weighted by Crippen LogP contribution is -2.42. The van der Waals surface area contributed by atoms with E-state index < -0.39 is 17.7 Å². The van der Waals surface area contributed by atoms with E-state index in [1.165, 1.54) is 12.0 Å². The highest BCUT2D eigenvalue weighted by Crippen LogP contribution is 2.43. The average molecular weight is 509 g/mol. The zero-order valence-electron chi connectivity index (χ0n) is 21.1. The lowest BCUT2D eigenvalue weighted by Gasteiger charge is -2.31. The van der Waals surface area contributed by atoms with E-state index in [1.807, 2.05) is 0 Å². The molecule has 9 heteroatoms. The quantitative estimate of drug-likeness (QED) is 0.226. The maximum atomic E-state index is 13.4.